The summed E-state index contributed by atoms with van der Waals surface area (Å²) in [6.07, 6.45) is -18.8. The Kier molecular flexibility index (Phi) is 28.7. The van der Waals surface area contributed by atoms with Crippen LogP contribution in [0, 0.1) is 16.7 Å². The molecule has 0 aliphatic heterocycles. The topological polar surface area (TPSA) is 330 Å². The van der Waals surface area contributed by atoms with E-state index in [1.165, 1.54) is 13.8 Å². The van der Waals surface area contributed by atoms with E-state index in [9.17, 15) is 47.9 Å². The molecule has 95 heavy (non-hydrogen) atoms. The van der Waals surface area contributed by atoms with Crippen LogP contribution in [0.1, 0.15) is 114 Å². The lowest BCUT2D eigenvalue weighted by atomic mass is 9.64. The van der Waals surface area contributed by atoms with E-state index in [-0.39, 0.29) is 52.5 Å². The van der Waals surface area contributed by atoms with Crippen molar-refractivity contribution in [2.24, 2.45) is 16.7 Å². The third-order valence-corrected chi connectivity index (χ3v) is 14.1. The Labute approximate surface area is 543 Å². The third kappa shape index (κ3) is 27.5. The molecule has 0 heterocycles. The highest BCUT2D eigenvalue weighted by molar-refractivity contribution is 5.84. The summed E-state index contributed by atoms with van der Waals surface area (Å²) in [6, 6.07) is -1.13. The third-order valence-electron chi connectivity index (χ3n) is 14.1. The summed E-state index contributed by atoms with van der Waals surface area (Å²) in [6.45, 7) is 22.9. The number of alkyl carbamates (subject to hydrolysis) is 4. The predicted octanol–water partition coefficient (Wildman–Crippen LogP) is 9.06. The number of amides is 4. The zero-order valence-corrected chi connectivity index (χ0v) is 54.5. The van der Waals surface area contributed by atoms with Crippen LogP contribution in [0.15, 0.2) is 75.9 Å². The molecule has 0 radical (unpaired) electrons. The molecule has 0 aromatic carbocycles. The minimum Gasteiger partial charge on any atom is -0.458 e. The molecule has 2 fully saturated rings. The van der Waals surface area contributed by atoms with Gasteiger partial charge in [0, 0.05) is 60.1 Å². The smallest absolute Gasteiger partial charge is 0.422 e. The van der Waals surface area contributed by atoms with Crippen LogP contribution in [0.25, 0.3) is 0 Å². The van der Waals surface area contributed by atoms with Gasteiger partial charge in [-0.05, 0) is 96.8 Å². The lowest BCUT2D eigenvalue weighted by Gasteiger charge is -2.47. The lowest BCUT2D eigenvalue weighted by Crippen LogP contribution is -2.62. The van der Waals surface area contributed by atoms with E-state index in [1.54, 1.807) is 27.7 Å². The van der Waals surface area contributed by atoms with E-state index in [0.717, 1.165) is 36.5 Å². The summed E-state index contributed by atoms with van der Waals surface area (Å²) >= 11 is 0. The average molecular weight is 1380 g/mol. The normalized spacial score (nSPS) is 19.8. The largest absolute Gasteiger partial charge is 0.458 e. The van der Waals surface area contributed by atoms with Gasteiger partial charge in [-0.3, -0.25) is 0 Å². The minimum absolute atomic E-state index is 0.00552. The number of rotatable bonds is 36. The molecular weight excluding hydrogens is 1290 g/mol. The molecule has 0 bridgehead atoms. The van der Waals surface area contributed by atoms with Crippen molar-refractivity contribution < 1.29 is 140 Å². The van der Waals surface area contributed by atoms with Gasteiger partial charge < -0.3 is 78.1 Å². The molecule has 4 unspecified atom stereocenters. The highest BCUT2D eigenvalue weighted by Gasteiger charge is 2.71. The average Bonchev–Trinajstić information content (AvgIpc) is 0.760. The molecule has 0 aromatic rings. The molecule has 0 aromatic heterocycles. The molecular formula is C61H84F8N4O22. The van der Waals surface area contributed by atoms with Gasteiger partial charge in [0.2, 0.25) is 11.2 Å². The molecule has 0 spiro atoms. The maximum absolute atomic E-state index is 15.8. The van der Waals surface area contributed by atoms with Gasteiger partial charge in [0.1, 0.15) is 45.2 Å². The van der Waals surface area contributed by atoms with Crippen LogP contribution in [-0.4, -0.2) is 177 Å². The van der Waals surface area contributed by atoms with Crippen molar-refractivity contribution in [2.45, 2.75) is 178 Å². The zero-order valence-electron chi connectivity index (χ0n) is 54.5. The summed E-state index contributed by atoms with van der Waals surface area (Å²) in [5, 5.41) is 9.63. The Morgan fingerprint density at radius 1 is 0.442 bits per heavy atom. The fourth-order valence-corrected chi connectivity index (χ4v) is 11.1. The SMILES string of the molecule is C=CC(=O)OCC(COC(=O)C=C)(COC(=O)C=C)OC(=O)NCC1CC(C)(C)CC(C)(NC(=O)OCC(F)(F)OC(C)(C)C(F)(F)C(F)(F)OC(C)(C)CC(F)(F)OC(=O)NC2CC(C)(C)CC(C)(NC(=O)OC(COC(=O)C=C)(COC(=O)C=C)COC(=O)C=C)C2)C1. The first-order valence-electron chi connectivity index (χ1n) is 28.9. The first kappa shape index (κ1) is 82.8. The minimum atomic E-state index is -5.92. The fraction of sp³-hybridized carbons (Fsp3) is 0.639. The van der Waals surface area contributed by atoms with Gasteiger partial charge in [-0.2, -0.15) is 35.1 Å². The van der Waals surface area contributed by atoms with Gasteiger partial charge in [0.25, 0.3) is 0 Å². The van der Waals surface area contributed by atoms with Crippen LogP contribution in [0.4, 0.5) is 54.3 Å². The molecule has 4 N–H and O–H groups in total. The lowest BCUT2D eigenvalue weighted by molar-refractivity contribution is -0.437. The zero-order chi connectivity index (χ0) is 73.1. The van der Waals surface area contributed by atoms with Crippen LogP contribution in [0.5, 0.6) is 0 Å². The maximum atomic E-state index is 15.8. The molecule has 34 heteroatoms. The van der Waals surface area contributed by atoms with E-state index < -0.39 is 193 Å². The molecule has 0 saturated heterocycles. The van der Waals surface area contributed by atoms with E-state index in [1.807, 2.05) is 0 Å². The van der Waals surface area contributed by atoms with E-state index >= 15 is 35.1 Å². The molecule has 2 aliphatic carbocycles. The number of ether oxygens (including phenoxy) is 12. The van der Waals surface area contributed by atoms with Gasteiger partial charge in [-0.1, -0.05) is 67.2 Å². The summed E-state index contributed by atoms with van der Waals surface area (Å²) in [5.74, 6) is -12.5. The van der Waals surface area contributed by atoms with E-state index in [2.05, 4.69) is 79.7 Å². The molecule has 536 valence electrons. The number of carbonyl (C=O) groups is 10. The second kappa shape index (κ2) is 32.9. The summed E-state index contributed by atoms with van der Waals surface area (Å²) < 4.78 is 183. The Balaban J connectivity index is 2.18. The number of esters is 6. The van der Waals surface area contributed by atoms with Gasteiger partial charge >= 0.3 is 84.4 Å². The van der Waals surface area contributed by atoms with E-state index in [0.29, 0.717) is 20.3 Å². The number of halogens is 8. The Morgan fingerprint density at radius 2 is 0.811 bits per heavy atom. The van der Waals surface area contributed by atoms with Crippen LogP contribution in [-0.2, 0) is 85.6 Å². The summed E-state index contributed by atoms with van der Waals surface area (Å²) in [5.41, 5.74) is -15.7. The standard InChI is InChI=1S/C61H84F8N4O22/c1-17-40(74)84-31-56(32-85-41(75)18-2,33-86-42(76)19-3)91-46(80)70-27-38-23-50(7,8)28-54(15,24-38)72-48(82)90-37-59(64,65)95-53(13,14)60(66,67)61(68,69)94-52(11,12)30-58(62,63)93-47(81)71-39-25-51(9,10)29-55(16,26-39)73-49(83)92-57(34-87-43(77)20-4,35-88-44(78)21-5)36-89-45(79)22-6/h17-22,38-39H,1-6,23-37H2,7-16H3,(H,70,80)(H,71,81)(H,72,82)(H,73,83). The van der Waals surface area contributed by atoms with Crippen molar-refractivity contribution >= 4 is 60.2 Å². The molecule has 4 amide bonds. The van der Waals surface area contributed by atoms with Crippen LogP contribution in [0.2, 0.25) is 0 Å². The fourth-order valence-electron chi connectivity index (χ4n) is 11.1. The number of alkyl halides is 8. The molecule has 2 aliphatic rings. The first-order chi connectivity index (χ1) is 43.3. The van der Waals surface area contributed by atoms with Crippen molar-refractivity contribution in [1.82, 2.24) is 21.3 Å². The summed E-state index contributed by atoms with van der Waals surface area (Å²) in [4.78, 5) is 125. The summed E-state index contributed by atoms with van der Waals surface area (Å²) in [7, 11) is 0. The molecule has 2 saturated carbocycles. The number of hydrogen-bond donors (Lipinski definition) is 4. The van der Waals surface area contributed by atoms with Crippen LogP contribution in [0.3, 0.4) is 0 Å². The highest BCUT2D eigenvalue weighted by atomic mass is 19.3. The van der Waals surface area contributed by atoms with Crippen molar-refractivity contribution in [2.75, 3.05) is 52.8 Å². The second-order valence-corrected chi connectivity index (χ2v) is 26.0. The quantitative estimate of drug-likeness (QED) is 0.0197. The van der Waals surface area contributed by atoms with Crippen LogP contribution < -0.4 is 21.3 Å². The Hall–Kier alpha value is -8.30. The number of hydrogen-bond acceptors (Lipinski definition) is 22. The number of nitrogens with one attached hydrogen (secondary N) is 4. The van der Waals surface area contributed by atoms with Gasteiger partial charge in [-0.15, -0.1) is 0 Å². The maximum Gasteiger partial charge on any atom is 0.422 e. The van der Waals surface area contributed by atoms with Crippen molar-refractivity contribution in [3.8, 4) is 0 Å². The van der Waals surface area contributed by atoms with Crippen LogP contribution >= 0.6 is 0 Å². The van der Waals surface area contributed by atoms with E-state index in [4.69, 9.17) is 37.9 Å². The van der Waals surface area contributed by atoms with Crippen molar-refractivity contribution in [3.05, 3.63) is 75.9 Å². The van der Waals surface area contributed by atoms with Crippen molar-refractivity contribution in [3.63, 3.8) is 0 Å². The molecule has 2 rings (SSSR count). The first-order valence-corrected chi connectivity index (χ1v) is 28.9. The Morgan fingerprint density at radius 3 is 1.21 bits per heavy atom. The highest BCUT2D eigenvalue weighted by Crippen LogP contribution is 2.50. The monoisotopic (exact) mass is 1380 g/mol. The molecule has 4 atom stereocenters. The van der Waals surface area contributed by atoms with Gasteiger partial charge in [-0.25, -0.2) is 47.9 Å². The number of carbonyl (C=O) groups excluding carboxylic acids is 10. The second-order valence-electron chi connectivity index (χ2n) is 26.0. The van der Waals surface area contributed by atoms with Gasteiger partial charge in [0.05, 0.1) is 12.0 Å². The van der Waals surface area contributed by atoms with Crippen molar-refractivity contribution in [1.29, 1.82) is 0 Å². The molecule has 26 nitrogen and oxygen atoms in total. The van der Waals surface area contributed by atoms with Gasteiger partial charge in [0.15, 0.2) is 6.61 Å². The predicted molar refractivity (Wildman–Crippen MR) is 315 cm³/mol. The Bertz CT molecular complexity index is 2750.